The van der Waals surface area contributed by atoms with Crippen LogP contribution in [0, 0.1) is 5.82 Å². The summed E-state index contributed by atoms with van der Waals surface area (Å²) in [5.41, 5.74) is 3.15. The van der Waals surface area contributed by atoms with Crippen LogP contribution in [-0.4, -0.2) is 56.3 Å². The molecule has 0 N–H and O–H groups in total. The summed E-state index contributed by atoms with van der Waals surface area (Å²) in [4.78, 5) is 9.65. The molecule has 1 saturated heterocycles. The summed E-state index contributed by atoms with van der Waals surface area (Å²) >= 11 is 1.75. The van der Waals surface area contributed by atoms with E-state index in [0.717, 1.165) is 53.8 Å². The Balaban J connectivity index is 1.26. The van der Waals surface area contributed by atoms with Gasteiger partial charge in [-0.1, -0.05) is 65.9 Å². The number of hydrogen-bond donors (Lipinski definition) is 0. The number of halogens is 1. The summed E-state index contributed by atoms with van der Waals surface area (Å²) in [6.45, 7) is 3.96. The average Bonchev–Trinajstić information content (AvgIpc) is 3.54. The Morgan fingerprint density at radius 3 is 2.37 bits per heavy atom. The molecule has 1 fully saturated rings. The molecular weight excluding hydrogens is 461 g/mol. The Morgan fingerprint density at radius 2 is 1.60 bits per heavy atom. The van der Waals surface area contributed by atoms with E-state index in [9.17, 15) is 4.39 Å². The predicted octanol–water partition coefficient (Wildman–Crippen LogP) is 4.38. The van der Waals surface area contributed by atoms with Gasteiger partial charge < -0.3 is 4.90 Å². The van der Waals surface area contributed by atoms with Crippen LogP contribution in [0.25, 0.3) is 10.2 Å². The van der Waals surface area contributed by atoms with Gasteiger partial charge in [0.2, 0.25) is 0 Å². The van der Waals surface area contributed by atoms with E-state index in [1.165, 1.54) is 16.8 Å². The Kier molecular flexibility index (Phi) is 5.93. The molecular formula is C26H24FN7S. The smallest absolute Gasteiger partial charge is 0.186 e. The second-order valence-corrected chi connectivity index (χ2v) is 9.63. The van der Waals surface area contributed by atoms with Crippen LogP contribution in [0.3, 0.4) is 0 Å². The lowest BCUT2D eigenvalue weighted by Crippen LogP contribution is -2.48. The van der Waals surface area contributed by atoms with Gasteiger partial charge in [-0.15, -0.1) is 5.10 Å². The standard InChI is InChI=1S/C26H24FN7S/c27-21-12-10-19(11-13-21)18-34-25(29-30-31-34)24(20-6-2-1-3-7-20)32-14-16-33(17-15-32)26-28-22-8-4-5-9-23(22)35-26/h1-13,24H,14-18H2. The highest BCUT2D eigenvalue weighted by Gasteiger charge is 2.31. The highest BCUT2D eigenvalue weighted by molar-refractivity contribution is 7.22. The molecule has 0 saturated carbocycles. The van der Waals surface area contributed by atoms with Crippen molar-refractivity contribution in [1.82, 2.24) is 30.1 Å². The van der Waals surface area contributed by atoms with Crippen LogP contribution in [0.5, 0.6) is 0 Å². The van der Waals surface area contributed by atoms with Gasteiger partial charge in [0.1, 0.15) is 5.82 Å². The van der Waals surface area contributed by atoms with Gasteiger partial charge in [0.25, 0.3) is 0 Å². The van der Waals surface area contributed by atoms with Gasteiger partial charge in [-0.05, 0) is 45.8 Å². The third kappa shape index (κ3) is 4.52. The maximum Gasteiger partial charge on any atom is 0.186 e. The van der Waals surface area contributed by atoms with Crippen LogP contribution in [0.2, 0.25) is 0 Å². The molecule has 6 rings (SSSR count). The van der Waals surface area contributed by atoms with Crippen LogP contribution in [-0.2, 0) is 6.54 Å². The van der Waals surface area contributed by atoms with Gasteiger partial charge >= 0.3 is 0 Å². The molecule has 5 aromatic rings. The minimum Gasteiger partial charge on any atom is -0.345 e. The van der Waals surface area contributed by atoms with E-state index < -0.39 is 0 Å². The zero-order valence-electron chi connectivity index (χ0n) is 19.0. The van der Waals surface area contributed by atoms with Crippen molar-refractivity contribution in [2.45, 2.75) is 12.6 Å². The summed E-state index contributed by atoms with van der Waals surface area (Å²) in [5, 5.41) is 13.8. The number of piperazine rings is 1. The monoisotopic (exact) mass is 485 g/mol. The van der Waals surface area contributed by atoms with Crippen LogP contribution >= 0.6 is 11.3 Å². The number of benzene rings is 3. The largest absolute Gasteiger partial charge is 0.345 e. The molecule has 1 atom stereocenters. The summed E-state index contributed by atoms with van der Waals surface area (Å²) in [6.07, 6.45) is 0. The first-order valence-electron chi connectivity index (χ1n) is 11.6. The summed E-state index contributed by atoms with van der Waals surface area (Å²) in [7, 11) is 0. The number of tetrazole rings is 1. The maximum absolute atomic E-state index is 13.4. The summed E-state index contributed by atoms with van der Waals surface area (Å²) < 4.78 is 16.4. The number of fused-ring (bicyclic) bond motifs is 1. The van der Waals surface area contributed by atoms with Crippen LogP contribution in [0.4, 0.5) is 9.52 Å². The zero-order valence-corrected chi connectivity index (χ0v) is 19.9. The maximum atomic E-state index is 13.4. The number of anilines is 1. The van der Waals surface area contributed by atoms with Crippen molar-refractivity contribution in [1.29, 1.82) is 0 Å². The van der Waals surface area contributed by atoms with Crippen LogP contribution in [0.15, 0.2) is 78.9 Å². The van der Waals surface area contributed by atoms with Crippen molar-refractivity contribution in [2.75, 3.05) is 31.1 Å². The number of nitrogens with zero attached hydrogens (tertiary/aromatic N) is 7. The first-order chi connectivity index (χ1) is 17.2. The molecule has 3 heterocycles. The zero-order chi connectivity index (χ0) is 23.6. The van der Waals surface area contributed by atoms with Crippen molar-refractivity contribution >= 4 is 26.7 Å². The molecule has 0 radical (unpaired) electrons. The van der Waals surface area contributed by atoms with Gasteiger partial charge in [-0.2, -0.15) is 0 Å². The molecule has 0 amide bonds. The number of thiazole rings is 1. The van der Waals surface area contributed by atoms with E-state index >= 15 is 0 Å². The lowest BCUT2D eigenvalue weighted by Gasteiger charge is -2.38. The number of aromatic nitrogens is 5. The molecule has 2 aromatic heterocycles. The molecule has 3 aromatic carbocycles. The van der Waals surface area contributed by atoms with Crippen molar-refractivity contribution in [2.24, 2.45) is 0 Å². The lowest BCUT2D eigenvalue weighted by atomic mass is 10.0. The molecule has 35 heavy (non-hydrogen) atoms. The van der Waals surface area contributed by atoms with E-state index in [4.69, 9.17) is 4.98 Å². The van der Waals surface area contributed by atoms with Crippen LogP contribution in [0.1, 0.15) is 23.0 Å². The topological polar surface area (TPSA) is 63.0 Å². The van der Waals surface area contributed by atoms with E-state index in [-0.39, 0.29) is 11.9 Å². The van der Waals surface area contributed by atoms with Gasteiger partial charge in [-0.3, -0.25) is 4.90 Å². The fourth-order valence-corrected chi connectivity index (χ4v) is 5.63. The quantitative estimate of drug-likeness (QED) is 0.356. The van der Waals surface area contributed by atoms with E-state index in [2.05, 4.69) is 55.7 Å². The van der Waals surface area contributed by atoms with E-state index in [1.807, 2.05) is 28.9 Å². The van der Waals surface area contributed by atoms with Gasteiger partial charge in [0.05, 0.1) is 22.8 Å². The Labute approximate surface area is 206 Å². The van der Waals surface area contributed by atoms with E-state index in [1.54, 1.807) is 23.5 Å². The molecule has 9 heteroatoms. The first kappa shape index (κ1) is 21.8. The first-order valence-corrected chi connectivity index (χ1v) is 12.5. The Bertz CT molecular complexity index is 1380. The fourth-order valence-electron chi connectivity index (χ4n) is 4.61. The second-order valence-electron chi connectivity index (χ2n) is 8.62. The SMILES string of the molecule is Fc1ccc(Cn2nnnc2C(c2ccccc2)N2CCN(c3nc4ccccc4s3)CC2)cc1. The minimum atomic E-state index is -0.251. The normalized spacial score (nSPS) is 15.5. The molecule has 0 aliphatic carbocycles. The van der Waals surface area contributed by atoms with Crippen LogP contribution < -0.4 is 4.90 Å². The summed E-state index contributed by atoms with van der Waals surface area (Å²) in [6, 6.07) is 25.1. The Hall–Kier alpha value is -3.69. The van der Waals surface area contributed by atoms with Crippen molar-refractivity contribution < 1.29 is 4.39 Å². The molecule has 176 valence electrons. The van der Waals surface area contributed by atoms with Crippen molar-refractivity contribution in [3.63, 3.8) is 0 Å². The molecule has 1 unspecified atom stereocenters. The highest BCUT2D eigenvalue weighted by Crippen LogP contribution is 2.32. The fraction of sp³-hybridized carbons (Fsp3) is 0.231. The average molecular weight is 486 g/mol. The molecule has 1 aliphatic rings. The molecule has 7 nitrogen and oxygen atoms in total. The van der Waals surface area contributed by atoms with Gasteiger partial charge in [0.15, 0.2) is 11.0 Å². The predicted molar refractivity (Wildman–Crippen MR) is 135 cm³/mol. The number of hydrogen-bond acceptors (Lipinski definition) is 7. The number of para-hydroxylation sites is 1. The Morgan fingerprint density at radius 1 is 0.857 bits per heavy atom. The van der Waals surface area contributed by atoms with Crippen molar-refractivity contribution in [3.8, 4) is 0 Å². The van der Waals surface area contributed by atoms with E-state index in [0.29, 0.717) is 6.54 Å². The van der Waals surface area contributed by atoms with Gasteiger partial charge in [-0.25, -0.2) is 14.1 Å². The summed E-state index contributed by atoms with van der Waals surface area (Å²) in [5.74, 6) is 0.535. The lowest BCUT2D eigenvalue weighted by molar-refractivity contribution is 0.201. The third-order valence-electron chi connectivity index (χ3n) is 6.40. The molecule has 0 bridgehead atoms. The third-order valence-corrected chi connectivity index (χ3v) is 7.49. The number of rotatable bonds is 6. The molecule has 1 aliphatic heterocycles. The van der Waals surface area contributed by atoms with Gasteiger partial charge in [0, 0.05) is 26.2 Å². The highest BCUT2D eigenvalue weighted by atomic mass is 32.1. The second kappa shape index (κ2) is 9.52. The molecule has 0 spiro atoms. The minimum absolute atomic E-state index is 0.0795. The van der Waals surface area contributed by atoms with Crippen molar-refractivity contribution in [3.05, 3.63) is 102 Å².